The van der Waals surface area contributed by atoms with Crippen LogP contribution in [0.3, 0.4) is 0 Å². The SMILES string of the molecule is CCCC(Cl)CNc1ncccc1F. The van der Waals surface area contributed by atoms with E-state index in [0.717, 1.165) is 12.8 Å². The number of pyridine rings is 1. The molecule has 0 saturated carbocycles. The number of rotatable bonds is 5. The van der Waals surface area contributed by atoms with Gasteiger partial charge in [0.1, 0.15) is 0 Å². The summed E-state index contributed by atoms with van der Waals surface area (Å²) in [5.74, 6) is -0.0675. The fraction of sp³-hybridized carbons (Fsp3) is 0.500. The zero-order valence-electron chi connectivity index (χ0n) is 8.13. The van der Waals surface area contributed by atoms with Crippen LogP contribution in [0.1, 0.15) is 19.8 Å². The number of halogens is 2. The van der Waals surface area contributed by atoms with Crippen molar-refractivity contribution in [2.75, 3.05) is 11.9 Å². The Hall–Kier alpha value is -0.830. The molecule has 14 heavy (non-hydrogen) atoms. The van der Waals surface area contributed by atoms with Gasteiger partial charge in [0.2, 0.25) is 0 Å². The minimum Gasteiger partial charge on any atom is -0.366 e. The quantitative estimate of drug-likeness (QED) is 0.766. The van der Waals surface area contributed by atoms with E-state index in [4.69, 9.17) is 11.6 Å². The molecule has 0 bridgehead atoms. The van der Waals surface area contributed by atoms with Crippen molar-refractivity contribution in [2.24, 2.45) is 0 Å². The Kier molecular flexibility index (Phi) is 4.66. The Bertz CT molecular complexity index is 281. The second-order valence-corrected chi connectivity index (χ2v) is 3.72. The highest BCUT2D eigenvalue weighted by Crippen LogP contribution is 2.11. The third-order valence-corrected chi connectivity index (χ3v) is 2.22. The van der Waals surface area contributed by atoms with Gasteiger partial charge in [0.15, 0.2) is 11.6 Å². The number of aromatic nitrogens is 1. The van der Waals surface area contributed by atoms with Crippen molar-refractivity contribution in [1.82, 2.24) is 4.98 Å². The first-order valence-corrected chi connectivity index (χ1v) is 5.16. The summed E-state index contributed by atoms with van der Waals surface area (Å²) in [5, 5.41) is 2.91. The molecule has 1 aromatic rings. The summed E-state index contributed by atoms with van der Waals surface area (Å²) in [6.45, 7) is 2.61. The lowest BCUT2D eigenvalue weighted by molar-refractivity contribution is 0.623. The van der Waals surface area contributed by atoms with E-state index >= 15 is 0 Å². The van der Waals surface area contributed by atoms with Gasteiger partial charge in [0, 0.05) is 12.7 Å². The second kappa shape index (κ2) is 5.81. The predicted molar refractivity (Wildman–Crippen MR) is 57.2 cm³/mol. The van der Waals surface area contributed by atoms with Gasteiger partial charge in [-0.1, -0.05) is 13.3 Å². The number of nitrogens with zero attached hydrogens (tertiary/aromatic N) is 1. The fourth-order valence-corrected chi connectivity index (χ4v) is 1.43. The largest absolute Gasteiger partial charge is 0.366 e. The van der Waals surface area contributed by atoms with Gasteiger partial charge in [-0.3, -0.25) is 0 Å². The lowest BCUT2D eigenvalue weighted by Crippen LogP contribution is -2.15. The van der Waals surface area contributed by atoms with Gasteiger partial charge >= 0.3 is 0 Å². The van der Waals surface area contributed by atoms with E-state index in [1.54, 1.807) is 12.3 Å². The minimum absolute atomic E-state index is 0.0291. The highest BCUT2D eigenvalue weighted by atomic mass is 35.5. The van der Waals surface area contributed by atoms with Crippen LogP contribution in [0, 0.1) is 5.82 Å². The number of hydrogen-bond donors (Lipinski definition) is 1. The molecule has 1 aromatic heterocycles. The summed E-state index contributed by atoms with van der Waals surface area (Å²) in [4.78, 5) is 3.87. The molecule has 0 aliphatic rings. The fourth-order valence-electron chi connectivity index (χ4n) is 1.14. The molecular formula is C10H14ClFN2. The zero-order chi connectivity index (χ0) is 10.4. The smallest absolute Gasteiger partial charge is 0.165 e. The van der Waals surface area contributed by atoms with Gasteiger partial charge < -0.3 is 5.32 Å². The van der Waals surface area contributed by atoms with E-state index in [0.29, 0.717) is 6.54 Å². The van der Waals surface area contributed by atoms with Crippen molar-refractivity contribution < 1.29 is 4.39 Å². The number of anilines is 1. The molecule has 2 nitrogen and oxygen atoms in total. The van der Waals surface area contributed by atoms with E-state index in [2.05, 4.69) is 17.2 Å². The van der Waals surface area contributed by atoms with E-state index in [1.807, 2.05) is 0 Å². The van der Waals surface area contributed by atoms with Gasteiger partial charge in [-0.15, -0.1) is 11.6 Å². The molecule has 1 rings (SSSR count). The van der Waals surface area contributed by atoms with Crippen LogP contribution < -0.4 is 5.32 Å². The number of nitrogens with one attached hydrogen (secondary N) is 1. The van der Waals surface area contributed by atoms with Crippen LogP contribution in [0.25, 0.3) is 0 Å². The standard InChI is InChI=1S/C10H14ClFN2/c1-2-4-8(11)7-14-10-9(12)5-3-6-13-10/h3,5-6,8H,2,4,7H2,1H3,(H,13,14). The van der Waals surface area contributed by atoms with Crippen LogP contribution in [0.4, 0.5) is 10.2 Å². The van der Waals surface area contributed by atoms with Gasteiger partial charge in [0.25, 0.3) is 0 Å². The topological polar surface area (TPSA) is 24.9 Å². The molecule has 0 saturated heterocycles. The Labute approximate surface area is 88.5 Å². The minimum atomic E-state index is -0.340. The Balaban J connectivity index is 2.41. The molecule has 78 valence electrons. The Morgan fingerprint density at radius 2 is 2.43 bits per heavy atom. The molecular weight excluding hydrogens is 203 g/mol. The maximum absolute atomic E-state index is 13.1. The molecule has 1 atom stereocenters. The van der Waals surface area contributed by atoms with Crippen molar-refractivity contribution in [3.8, 4) is 0 Å². The summed E-state index contributed by atoms with van der Waals surface area (Å²) < 4.78 is 13.1. The molecule has 1 unspecified atom stereocenters. The van der Waals surface area contributed by atoms with Crippen LogP contribution in [0.2, 0.25) is 0 Å². The van der Waals surface area contributed by atoms with E-state index in [-0.39, 0.29) is 17.0 Å². The normalized spacial score (nSPS) is 12.5. The lowest BCUT2D eigenvalue weighted by Gasteiger charge is -2.10. The first-order chi connectivity index (χ1) is 6.74. The van der Waals surface area contributed by atoms with Crippen LogP contribution >= 0.6 is 11.6 Å². The predicted octanol–water partition coefficient (Wildman–Crippen LogP) is 3.04. The van der Waals surface area contributed by atoms with Gasteiger partial charge in [0.05, 0.1) is 5.38 Å². The van der Waals surface area contributed by atoms with E-state index in [1.165, 1.54) is 6.07 Å². The molecule has 1 N–H and O–H groups in total. The Morgan fingerprint density at radius 1 is 1.64 bits per heavy atom. The average Bonchev–Trinajstić information content (AvgIpc) is 2.17. The first-order valence-electron chi connectivity index (χ1n) is 4.72. The van der Waals surface area contributed by atoms with E-state index in [9.17, 15) is 4.39 Å². The molecule has 0 fully saturated rings. The average molecular weight is 217 g/mol. The summed E-state index contributed by atoms with van der Waals surface area (Å²) in [6.07, 6.45) is 3.50. The monoisotopic (exact) mass is 216 g/mol. The molecule has 0 aliphatic heterocycles. The van der Waals surface area contributed by atoms with E-state index < -0.39 is 0 Å². The maximum Gasteiger partial charge on any atom is 0.165 e. The number of hydrogen-bond acceptors (Lipinski definition) is 2. The third kappa shape index (κ3) is 3.50. The van der Waals surface area contributed by atoms with Crippen LogP contribution in [-0.4, -0.2) is 16.9 Å². The molecule has 1 heterocycles. The van der Waals surface area contributed by atoms with Crippen molar-refractivity contribution >= 4 is 17.4 Å². The number of alkyl halides is 1. The van der Waals surface area contributed by atoms with Crippen LogP contribution in [-0.2, 0) is 0 Å². The zero-order valence-corrected chi connectivity index (χ0v) is 8.89. The molecule has 0 radical (unpaired) electrons. The van der Waals surface area contributed by atoms with Crippen molar-refractivity contribution in [2.45, 2.75) is 25.1 Å². The molecule has 4 heteroatoms. The lowest BCUT2D eigenvalue weighted by atomic mass is 10.2. The summed E-state index contributed by atoms with van der Waals surface area (Å²) >= 11 is 5.97. The van der Waals surface area contributed by atoms with Crippen LogP contribution in [0.15, 0.2) is 18.3 Å². The van der Waals surface area contributed by atoms with Gasteiger partial charge in [-0.25, -0.2) is 9.37 Å². The summed E-state index contributed by atoms with van der Waals surface area (Å²) in [6, 6.07) is 2.93. The van der Waals surface area contributed by atoms with Crippen molar-refractivity contribution in [3.05, 3.63) is 24.1 Å². The maximum atomic E-state index is 13.1. The Morgan fingerprint density at radius 3 is 3.07 bits per heavy atom. The highest BCUT2D eigenvalue weighted by Gasteiger charge is 2.05. The highest BCUT2D eigenvalue weighted by molar-refractivity contribution is 6.20. The molecule has 0 amide bonds. The summed E-state index contributed by atoms with van der Waals surface area (Å²) in [5.41, 5.74) is 0. The van der Waals surface area contributed by atoms with Crippen LogP contribution in [0.5, 0.6) is 0 Å². The first kappa shape index (κ1) is 11.2. The molecule has 0 aliphatic carbocycles. The van der Waals surface area contributed by atoms with Gasteiger partial charge in [-0.2, -0.15) is 0 Å². The third-order valence-electron chi connectivity index (χ3n) is 1.85. The second-order valence-electron chi connectivity index (χ2n) is 3.10. The molecule has 0 spiro atoms. The van der Waals surface area contributed by atoms with Crippen molar-refractivity contribution in [1.29, 1.82) is 0 Å². The van der Waals surface area contributed by atoms with Crippen molar-refractivity contribution in [3.63, 3.8) is 0 Å². The molecule has 0 aromatic carbocycles. The summed E-state index contributed by atoms with van der Waals surface area (Å²) in [7, 11) is 0. The van der Waals surface area contributed by atoms with Gasteiger partial charge in [-0.05, 0) is 18.6 Å².